The number of nitrogens with two attached hydrogens (primary N) is 1. The van der Waals surface area contributed by atoms with Crippen molar-refractivity contribution >= 4 is 23.5 Å². The molecule has 0 saturated carbocycles. The first-order chi connectivity index (χ1) is 8.20. The van der Waals surface area contributed by atoms with Gasteiger partial charge in [0.05, 0.1) is 5.25 Å². The number of hydrogen-bond donors (Lipinski definition) is 1. The lowest BCUT2D eigenvalue weighted by Crippen LogP contribution is -2.17. The fourth-order valence-corrected chi connectivity index (χ4v) is 4.44. The summed E-state index contributed by atoms with van der Waals surface area (Å²) in [6.07, 6.45) is 0.780. The molecule has 2 heterocycles. The maximum Gasteiger partial charge on any atom is 0.226 e. The van der Waals surface area contributed by atoms with E-state index in [0.29, 0.717) is 23.0 Å². The van der Waals surface area contributed by atoms with Crippen LogP contribution < -0.4 is 5.73 Å². The number of aromatic nitrogens is 2. The SMILES string of the molecule is CC(CN)Cc1nc(C2SCCSC2C)no1. The van der Waals surface area contributed by atoms with E-state index in [-0.39, 0.29) is 0 Å². The Morgan fingerprint density at radius 1 is 1.47 bits per heavy atom. The number of rotatable bonds is 4. The smallest absolute Gasteiger partial charge is 0.226 e. The lowest BCUT2D eigenvalue weighted by atomic mass is 10.1. The summed E-state index contributed by atoms with van der Waals surface area (Å²) in [7, 11) is 0. The molecule has 6 heteroatoms. The quantitative estimate of drug-likeness (QED) is 0.906. The van der Waals surface area contributed by atoms with Crippen molar-refractivity contribution in [3.63, 3.8) is 0 Å². The summed E-state index contributed by atoms with van der Waals surface area (Å²) in [6.45, 7) is 4.99. The summed E-state index contributed by atoms with van der Waals surface area (Å²) in [6, 6.07) is 0. The highest BCUT2D eigenvalue weighted by Gasteiger charge is 2.28. The molecule has 0 aliphatic carbocycles. The van der Waals surface area contributed by atoms with Gasteiger partial charge in [0, 0.05) is 23.2 Å². The largest absolute Gasteiger partial charge is 0.339 e. The molecule has 2 rings (SSSR count). The lowest BCUT2D eigenvalue weighted by Gasteiger charge is -2.24. The minimum Gasteiger partial charge on any atom is -0.339 e. The topological polar surface area (TPSA) is 64.9 Å². The Bertz CT molecular complexity index is 358. The molecule has 1 aromatic heterocycles. The normalized spacial score (nSPS) is 27.0. The molecule has 1 saturated heterocycles. The lowest BCUT2D eigenvalue weighted by molar-refractivity contribution is 0.355. The van der Waals surface area contributed by atoms with Gasteiger partial charge in [-0.1, -0.05) is 19.0 Å². The van der Waals surface area contributed by atoms with Crippen LogP contribution >= 0.6 is 23.5 Å². The predicted octanol–water partition coefficient (Wildman–Crippen LogP) is 2.12. The number of nitrogens with zero attached hydrogens (tertiary/aromatic N) is 2. The summed E-state index contributed by atoms with van der Waals surface area (Å²) >= 11 is 3.92. The van der Waals surface area contributed by atoms with Crippen LogP contribution in [0.4, 0.5) is 0 Å². The van der Waals surface area contributed by atoms with E-state index in [0.717, 1.165) is 18.1 Å². The van der Waals surface area contributed by atoms with Gasteiger partial charge in [-0.25, -0.2) is 0 Å². The fourth-order valence-electron chi connectivity index (χ4n) is 1.76. The van der Waals surface area contributed by atoms with Crippen molar-refractivity contribution in [2.24, 2.45) is 11.7 Å². The Hall–Kier alpha value is -0.200. The molecular weight excluding hydrogens is 254 g/mol. The van der Waals surface area contributed by atoms with Gasteiger partial charge in [-0.2, -0.15) is 16.7 Å². The Labute approximate surface area is 110 Å². The molecule has 0 radical (unpaired) electrons. The van der Waals surface area contributed by atoms with Crippen molar-refractivity contribution in [2.45, 2.75) is 30.8 Å². The Morgan fingerprint density at radius 2 is 2.24 bits per heavy atom. The van der Waals surface area contributed by atoms with Crippen molar-refractivity contribution in [3.8, 4) is 0 Å². The van der Waals surface area contributed by atoms with E-state index >= 15 is 0 Å². The molecule has 0 amide bonds. The second-order valence-electron chi connectivity index (χ2n) is 4.46. The van der Waals surface area contributed by atoms with Crippen LogP contribution in [0, 0.1) is 5.92 Å². The minimum absolute atomic E-state index is 0.374. The molecule has 1 fully saturated rings. The molecule has 3 unspecified atom stereocenters. The van der Waals surface area contributed by atoms with E-state index in [2.05, 4.69) is 24.0 Å². The molecule has 2 N–H and O–H groups in total. The van der Waals surface area contributed by atoms with E-state index in [1.54, 1.807) is 0 Å². The van der Waals surface area contributed by atoms with Gasteiger partial charge in [0.25, 0.3) is 0 Å². The van der Waals surface area contributed by atoms with Crippen LogP contribution in [0.2, 0.25) is 0 Å². The maximum absolute atomic E-state index is 5.59. The third-order valence-corrected chi connectivity index (χ3v) is 5.94. The first-order valence-corrected chi connectivity index (χ1v) is 8.06. The number of hydrogen-bond acceptors (Lipinski definition) is 6. The molecule has 96 valence electrons. The van der Waals surface area contributed by atoms with Crippen LogP contribution in [0.25, 0.3) is 0 Å². The number of thioether (sulfide) groups is 2. The molecule has 17 heavy (non-hydrogen) atoms. The van der Waals surface area contributed by atoms with Crippen molar-refractivity contribution in [1.82, 2.24) is 10.1 Å². The molecule has 1 aromatic rings. The van der Waals surface area contributed by atoms with Gasteiger partial charge in [-0.15, -0.1) is 11.8 Å². The van der Waals surface area contributed by atoms with Gasteiger partial charge in [-0.3, -0.25) is 0 Å². The standard InChI is InChI=1S/C11H19N3OS2/c1-7(6-12)5-9-13-11(14-15-9)10-8(2)16-3-4-17-10/h7-8,10H,3-6,12H2,1-2H3. The Kier molecular flexibility index (Phi) is 4.76. The minimum atomic E-state index is 0.374. The summed E-state index contributed by atoms with van der Waals surface area (Å²) in [5, 5.41) is 5.05. The van der Waals surface area contributed by atoms with Gasteiger partial charge >= 0.3 is 0 Å². The van der Waals surface area contributed by atoms with E-state index in [1.165, 1.54) is 11.5 Å². The molecule has 0 spiro atoms. The van der Waals surface area contributed by atoms with E-state index in [9.17, 15) is 0 Å². The zero-order valence-electron chi connectivity index (χ0n) is 10.3. The average Bonchev–Trinajstić information content (AvgIpc) is 2.78. The summed E-state index contributed by atoms with van der Waals surface area (Å²) in [4.78, 5) is 4.50. The van der Waals surface area contributed by atoms with Crippen LogP contribution in [0.15, 0.2) is 4.52 Å². The van der Waals surface area contributed by atoms with Gasteiger partial charge in [0.2, 0.25) is 5.89 Å². The second-order valence-corrected chi connectivity index (χ2v) is 7.19. The van der Waals surface area contributed by atoms with E-state index in [4.69, 9.17) is 10.3 Å². The predicted molar refractivity (Wildman–Crippen MR) is 73.3 cm³/mol. The molecule has 0 aromatic carbocycles. The van der Waals surface area contributed by atoms with Gasteiger partial charge in [0.15, 0.2) is 5.82 Å². The van der Waals surface area contributed by atoms with Crippen LogP contribution in [-0.4, -0.2) is 33.4 Å². The summed E-state index contributed by atoms with van der Waals surface area (Å²) in [5.41, 5.74) is 5.59. The molecule has 0 bridgehead atoms. The Morgan fingerprint density at radius 3 is 2.94 bits per heavy atom. The molecule has 1 aliphatic heterocycles. The molecule has 3 atom stereocenters. The Balaban J connectivity index is 2.01. The monoisotopic (exact) mass is 273 g/mol. The first kappa shape index (κ1) is 13.2. The zero-order valence-corrected chi connectivity index (χ0v) is 11.9. The zero-order chi connectivity index (χ0) is 12.3. The molecule has 4 nitrogen and oxygen atoms in total. The van der Waals surface area contributed by atoms with Crippen LogP contribution in [0.1, 0.15) is 30.8 Å². The van der Waals surface area contributed by atoms with Crippen LogP contribution in [-0.2, 0) is 6.42 Å². The van der Waals surface area contributed by atoms with Gasteiger partial charge < -0.3 is 10.3 Å². The first-order valence-electron chi connectivity index (χ1n) is 5.96. The molecular formula is C11H19N3OS2. The van der Waals surface area contributed by atoms with Crippen molar-refractivity contribution in [2.75, 3.05) is 18.1 Å². The van der Waals surface area contributed by atoms with E-state index < -0.39 is 0 Å². The average molecular weight is 273 g/mol. The third kappa shape index (κ3) is 3.39. The van der Waals surface area contributed by atoms with Gasteiger partial charge in [0.1, 0.15) is 0 Å². The second kappa shape index (κ2) is 6.11. The van der Waals surface area contributed by atoms with Crippen LogP contribution in [0.5, 0.6) is 0 Å². The fraction of sp³-hybridized carbons (Fsp3) is 0.818. The highest BCUT2D eigenvalue weighted by molar-refractivity contribution is 8.06. The van der Waals surface area contributed by atoms with Crippen molar-refractivity contribution < 1.29 is 4.52 Å². The van der Waals surface area contributed by atoms with Crippen LogP contribution in [0.3, 0.4) is 0 Å². The highest BCUT2D eigenvalue weighted by Crippen LogP contribution is 2.41. The molecule has 1 aliphatic rings. The van der Waals surface area contributed by atoms with Crippen molar-refractivity contribution in [3.05, 3.63) is 11.7 Å². The highest BCUT2D eigenvalue weighted by atomic mass is 32.2. The van der Waals surface area contributed by atoms with Crippen molar-refractivity contribution in [1.29, 1.82) is 0 Å². The third-order valence-electron chi connectivity index (χ3n) is 2.85. The van der Waals surface area contributed by atoms with Gasteiger partial charge in [-0.05, 0) is 12.5 Å². The summed E-state index contributed by atoms with van der Waals surface area (Å²) < 4.78 is 5.30. The summed E-state index contributed by atoms with van der Waals surface area (Å²) in [5.74, 6) is 4.37. The maximum atomic E-state index is 5.59. The van der Waals surface area contributed by atoms with E-state index in [1.807, 2.05) is 23.5 Å².